The first-order valence-electron chi connectivity index (χ1n) is 10.1. The van der Waals surface area contributed by atoms with E-state index in [9.17, 15) is 0 Å². The van der Waals surface area contributed by atoms with E-state index in [0.29, 0.717) is 6.04 Å². The fraction of sp³-hybridized carbons (Fsp3) is 0.947. The van der Waals surface area contributed by atoms with E-state index in [-0.39, 0.29) is 24.0 Å². The summed E-state index contributed by atoms with van der Waals surface area (Å²) in [6.45, 7) is 14.4. The van der Waals surface area contributed by atoms with Crippen LogP contribution in [0.3, 0.4) is 0 Å². The van der Waals surface area contributed by atoms with Gasteiger partial charge in [0.1, 0.15) is 0 Å². The van der Waals surface area contributed by atoms with Gasteiger partial charge < -0.3 is 19.9 Å². The fourth-order valence-electron chi connectivity index (χ4n) is 4.17. The summed E-state index contributed by atoms with van der Waals surface area (Å²) < 4.78 is 5.18. The molecule has 0 aromatic rings. The van der Waals surface area contributed by atoms with Gasteiger partial charge in [-0.15, -0.1) is 24.0 Å². The van der Waals surface area contributed by atoms with Gasteiger partial charge in [-0.05, 0) is 51.4 Å². The van der Waals surface area contributed by atoms with Gasteiger partial charge in [0.2, 0.25) is 0 Å². The minimum Gasteiger partial charge on any atom is -0.383 e. The molecule has 0 bridgehead atoms. The van der Waals surface area contributed by atoms with Crippen LogP contribution in [0.15, 0.2) is 4.99 Å². The minimum atomic E-state index is 0. The average Bonchev–Trinajstić information content (AvgIpc) is 3.12. The number of likely N-dealkylation sites (tertiary alicyclic amines) is 2. The van der Waals surface area contributed by atoms with Crippen molar-refractivity contribution in [3.8, 4) is 0 Å². The third-order valence-corrected chi connectivity index (χ3v) is 5.87. The van der Waals surface area contributed by atoms with Crippen molar-refractivity contribution in [2.45, 2.75) is 39.2 Å². The van der Waals surface area contributed by atoms with Crippen LogP contribution in [0.4, 0.5) is 0 Å². The Kier molecular flexibility index (Phi) is 12.1. The van der Waals surface area contributed by atoms with Crippen molar-refractivity contribution < 1.29 is 4.74 Å². The first kappa shape index (κ1) is 23.9. The largest absolute Gasteiger partial charge is 0.383 e. The number of aliphatic imine (C=N–C) groups is 1. The van der Waals surface area contributed by atoms with Crippen LogP contribution in [0.1, 0.15) is 33.1 Å². The summed E-state index contributed by atoms with van der Waals surface area (Å²) in [7, 11) is 3.70. The van der Waals surface area contributed by atoms with Crippen LogP contribution >= 0.6 is 24.0 Å². The molecule has 1 N–H and O–H groups in total. The molecule has 0 saturated carbocycles. The van der Waals surface area contributed by atoms with Crippen LogP contribution in [-0.2, 0) is 4.74 Å². The Labute approximate surface area is 177 Å². The van der Waals surface area contributed by atoms with Crippen molar-refractivity contribution in [1.29, 1.82) is 0 Å². The molecule has 0 aromatic heterocycles. The summed E-state index contributed by atoms with van der Waals surface area (Å²) in [6.07, 6.45) is 3.80. The summed E-state index contributed by atoms with van der Waals surface area (Å²) >= 11 is 0. The molecule has 2 heterocycles. The number of hydrogen-bond acceptors (Lipinski definition) is 4. The van der Waals surface area contributed by atoms with E-state index in [1.54, 1.807) is 7.11 Å². The molecular formula is C19H40IN5O. The second-order valence-electron chi connectivity index (χ2n) is 7.32. The quantitative estimate of drug-likeness (QED) is 0.326. The van der Waals surface area contributed by atoms with E-state index < -0.39 is 0 Å². The second kappa shape index (κ2) is 13.1. The van der Waals surface area contributed by atoms with Gasteiger partial charge in [0.15, 0.2) is 5.96 Å². The zero-order valence-corrected chi connectivity index (χ0v) is 19.6. The maximum absolute atomic E-state index is 5.18. The van der Waals surface area contributed by atoms with Crippen molar-refractivity contribution in [2.24, 2.45) is 10.9 Å². The number of guanidine groups is 1. The zero-order valence-electron chi connectivity index (χ0n) is 17.2. The van der Waals surface area contributed by atoms with Crippen LogP contribution in [0.5, 0.6) is 0 Å². The predicted octanol–water partition coefficient (Wildman–Crippen LogP) is 1.95. The number of nitrogens with one attached hydrogen (secondary N) is 1. The smallest absolute Gasteiger partial charge is 0.193 e. The van der Waals surface area contributed by atoms with Crippen LogP contribution in [-0.4, -0.2) is 99.8 Å². The minimum absolute atomic E-state index is 0. The SMILES string of the molecule is CCN(CC)C1CCN(C(=NC)NCC2CCN(CCOC)CC2)C1.I. The van der Waals surface area contributed by atoms with Gasteiger partial charge in [-0.2, -0.15) is 0 Å². The van der Waals surface area contributed by atoms with Crippen molar-refractivity contribution >= 4 is 29.9 Å². The third-order valence-electron chi connectivity index (χ3n) is 5.87. The molecule has 2 aliphatic rings. The topological polar surface area (TPSA) is 43.3 Å². The molecule has 2 rings (SSSR count). The normalized spacial score (nSPS) is 22.7. The highest BCUT2D eigenvalue weighted by Crippen LogP contribution is 2.18. The molecule has 2 fully saturated rings. The molecule has 1 atom stereocenters. The van der Waals surface area contributed by atoms with Crippen molar-refractivity contribution in [1.82, 2.24) is 20.0 Å². The van der Waals surface area contributed by atoms with Crippen LogP contribution in [0.25, 0.3) is 0 Å². The molecule has 0 spiro atoms. The highest BCUT2D eigenvalue weighted by atomic mass is 127. The fourth-order valence-corrected chi connectivity index (χ4v) is 4.17. The summed E-state index contributed by atoms with van der Waals surface area (Å²) in [5.41, 5.74) is 0. The lowest BCUT2D eigenvalue weighted by Crippen LogP contribution is -2.46. The number of nitrogens with zero attached hydrogens (tertiary/aromatic N) is 4. The number of likely N-dealkylation sites (N-methyl/N-ethyl adjacent to an activating group) is 1. The van der Waals surface area contributed by atoms with Gasteiger partial charge in [-0.25, -0.2) is 0 Å². The van der Waals surface area contributed by atoms with Crippen molar-refractivity contribution in [2.75, 3.05) is 73.1 Å². The first-order chi connectivity index (χ1) is 12.2. The number of methoxy groups -OCH3 is 1. The van der Waals surface area contributed by atoms with Crippen LogP contribution < -0.4 is 5.32 Å². The van der Waals surface area contributed by atoms with Gasteiger partial charge in [0.25, 0.3) is 0 Å². The summed E-state index contributed by atoms with van der Waals surface area (Å²) in [5, 5.41) is 3.65. The van der Waals surface area contributed by atoms with Crippen molar-refractivity contribution in [3.05, 3.63) is 0 Å². The Morgan fingerprint density at radius 3 is 2.42 bits per heavy atom. The van der Waals surface area contributed by atoms with Crippen molar-refractivity contribution in [3.63, 3.8) is 0 Å². The third kappa shape index (κ3) is 7.13. The van der Waals surface area contributed by atoms with E-state index in [2.05, 4.69) is 38.9 Å². The number of ether oxygens (including phenoxy) is 1. The first-order valence-corrected chi connectivity index (χ1v) is 10.1. The Bertz CT molecular complexity index is 397. The van der Waals surface area contributed by atoms with Gasteiger partial charge in [0, 0.05) is 46.4 Å². The average molecular weight is 481 g/mol. The number of halogens is 1. The van der Waals surface area contributed by atoms with Gasteiger partial charge in [0.05, 0.1) is 6.61 Å². The number of piperidine rings is 1. The molecule has 0 aromatic carbocycles. The maximum atomic E-state index is 5.18. The highest BCUT2D eigenvalue weighted by Gasteiger charge is 2.28. The molecule has 26 heavy (non-hydrogen) atoms. The molecule has 0 radical (unpaired) electrons. The molecule has 154 valence electrons. The Morgan fingerprint density at radius 2 is 1.85 bits per heavy atom. The molecule has 1 unspecified atom stereocenters. The lowest BCUT2D eigenvalue weighted by molar-refractivity contribution is 0.120. The standard InChI is InChI=1S/C19H39N5O.HI/c1-5-23(6-2)18-9-12-24(16-18)19(20-3)21-15-17-7-10-22(11-8-17)13-14-25-4;/h17-18H,5-16H2,1-4H3,(H,20,21);1H. The summed E-state index contributed by atoms with van der Waals surface area (Å²) in [4.78, 5) is 12.1. The Morgan fingerprint density at radius 1 is 1.15 bits per heavy atom. The van der Waals surface area contributed by atoms with Crippen LogP contribution in [0.2, 0.25) is 0 Å². The van der Waals surface area contributed by atoms with E-state index in [1.807, 2.05) is 7.05 Å². The predicted molar refractivity (Wildman–Crippen MR) is 121 cm³/mol. The summed E-state index contributed by atoms with van der Waals surface area (Å²) in [5.74, 6) is 1.85. The molecule has 7 heteroatoms. The number of hydrogen-bond donors (Lipinski definition) is 1. The zero-order chi connectivity index (χ0) is 18.1. The molecule has 0 amide bonds. The van der Waals surface area contributed by atoms with Gasteiger partial charge >= 0.3 is 0 Å². The van der Waals surface area contributed by atoms with Gasteiger partial charge in [-0.3, -0.25) is 9.89 Å². The molecule has 2 aliphatic heterocycles. The molecule has 0 aliphatic carbocycles. The highest BCUT2D eigenvalue weighted by molar-refractivity contribution is 14.0. The lowest BCUT2D eigenvalue weighted by Gasteiger charge is -2.33. The van der Waals surface area contributed by atoms with E-state index in [0.717, 1.165) is 57.8 Å². The molecule has 2 saturated heterocycles. The Balaban J connectivity index is 0.00000338. The molecular weight excluding hydrogens is 441 g/mol. The lowest BCUT2D eigenvalue weighted by atomic mass is 9.97. The van der Waals surface area contributed by atoms with E-state index in [4.69, 9.17) is 4.74 Å². The van der Waals surface area contributed by atoms with E-state index in [1.165, 1.54) is 32.4 Å². The second-order valence-corrected chi connectivity index (χ2v) is 7.32. The van der Waals surface area contributed by atoms with Gasteiger partial charge in [-0.1, -0.05) is 13.8 Å². The maximum Gasteiger partial charge on any atom is 0.193 e. The van der Waals surface area contributed by atoms with E-state index >= 15 is 0 Å². The molecule has 6 nitrogen and oxygen atoms in total. The summed E-state index contributed by atoms with van der Waals surface area (Å²) in [6, 6.07) is 0.678. The monoisotopic (exact) mass is 481 g/mol. The number of rotatable bonds is 8. The van der Waals surface area contributed by atoms with Crippen LogP contribution in [0, 0.1) is 5.92 Å². The Hall–Kier alpha value is -0.120.